The summed E-state index contributed by atoms with van der Waals surface area (Å²) in [7, 11) is 0. The van der Waals surface area contributed by atoms with Gasteiger partial charge in [0.2, 0.25) is 0 Å². The number of nitrogens with zero attached hydrogens (tertiary/aromatic N) is 2. The number of aliphatic carboxylic acids is 1. The minimum atomic E-state index is -4.60. The fourth-order valence-electron chi connectivity index (χ4n) is 2.44. The number of carbonyl (C=O) groups excluding carboxylic acids is 1. The number of carbonyl (C=O) groups is 2. The van der Waals surface area contributed by atoms with Crippen LogP contribution in [0.2, 0.25) is 0 Å². The Balaban J connectivity index is 2.28. The van der Waals surface area contributed by atoms with Crippen LogP contribution >= 0.6 is 0 Å². The molecule has 2 rings (SSSR count). The highest BCUT2D eigenvalue weighted by Crippen LogP contribution is 2.30. The Bertz CT molecular complexity index is 800. The van der Waals surface area contributed by atoms with Gasteiger partial charge in [-0.3, -0.25) is 4.79 Å². The van der Waals surface area contributed by atoms with E-state index in [2.05, 4.69) is 10.4 Å². The fraction of sp³-hybridized carbons (Fsp3) is 0.353. The number of hydrogen-bond acceptors (Lipinski definition) is 3. The van der Waals surface area contributed by atoms with Crippen LogP contribution in [0.4, 0.5) is 13.2 Å². The molecule has 2 N–H and O–H groups in total. The van der Waals surface area contributed by atoms with Gasteiger partial charge in [0.1, 0.15) is 11.7 Å². The molecular weight excluding hydrogens is 351 g/mol. The van der Waals surface area contributed by atoms with Crippen molar-refractivity contribution in [1.29, 1.82) is 0 Å². The predicted molar refractivity (Wildman–Crippen MR) is 86.9 cm³/mol. The molecular formula is C17H18F3N3O3. The normalized spacial score (nSPS) is 12.8. The standard InChI is InChI=1S/C17H18F3N3O3/c1-10(2)8-13(16(25)26)22-15(24)11-4-3-5-12(9-11)23-14(6-7-21-23)17(18,19)20/h3-7,9-10,13H,8H2,1-2H3,(H,22,24)(H,25,26). The van der Waals surface area contributed by atoms with E-state index < -0.39 is 29.8 Å². The first-order valence-corrected chi connectivity index (χ1v) is 7.85. The maximum Gasteiger partial charge on any atom is 0.433 e. The Hall–Kier alpha value is -2.84. The maximum atomic E-state index is 13.0. The van der Waals surface area contributed by atoms with E-state index in [0.29, 0.717) is 4.68 Å². The van der Waals surface area contributed by atoms with Crippen LogP contribution in [0.1, 0.15) is 36.3 Å². The topological polar surface area (TPSA) is 84.2 Å². The number of hydrogen-bond donors (Lipinski definition) is 2. The van der Waals surface area contributed by atoms with Gasteiger partial charge in [-0.25, -0.2) is 9.48 Å². The summed E-state index contributed by atoms with van der Waals surface area (Å²) >= 11 is 0. The van der Waals surface area contributed by atoms with E-state index in [1.54, 1.807) is 0 Å². The maximum absolute atomic E-state index is 13.0. The molecule has 1 heterocycles. The molecule has 9 heteroatoms. The van der Waals surface area contributed by atoms with Gasteiger partial charge in [0, 0.05) is 5.56 Å². The first-order valence-electron chi connectivity index (χ1n) is 7.85. The molecule has 0 fully saturated rings. The predicted octanol–water partition coefficient (Wildman–Crippen LogP) is 3.12. The molecule has 1 atom stereocenters. The van der Waals surface area contributed by atoms with Crippen LogP contribution in [0.5, 0.6) is 0 Å². The summed E-state index contributed by atoms with van der Waals surface area (Å²) in [4.78, 5) is 23.6. The average molecular weight is 369 g/mol. The molecule has 6 nitrogen and oxygen atoms in total. The summed E-state index contributed by atoms with van der Waals surface area (Å²) in [5, 5.41) is 15.2. The Labute approximate surface area is 147 Å². The van der Waals surface area contributed by atoms with Crippen molar-refractivity contribution < 1.29 is 27.9 Å². The molecule has 1 aromatic carbocycles. The lowest BCUT2D eigenvalue weighted by atomic mass is 10.0. The summed E-state index contributed by atoms with van der Waals surface area (Å²) in [6.45, 7) is 3.64. The number of aromatic nitrogens is 2. The van der Waals surface area contributed by atoms with E-state index in [1.807, 2.05) is 13.8 Å². The second-order valence-electron chi connectivity index (χ2n) is 6.17. The highest BCUT2D eigenvalue weighted by Gasteiger charge is 2.35. The lowest BCUT2D eigenvalue weighted by Gasteiger charge is -2.17. The van der Waals surface area contributed by atoms with Crippen LogP contribution in [0, 0.1) is 5.92 Å². The van der Waals surface area contributed by atoms with Crippen molar-refractivity contribution >= 4 is 11.9 Å². The first-order chi connectivity index (χ1) is 12.1. The summed E-state index contributed by atoms with van der Waals surface area (Å²) in [6, 6.07) is 5.15. The van der Waals surface area contributed by atoms with Crippen molar-refractivity contribution in [2.24, 2.45) is 5.92 Å². The number of carboxylic acid groups (broad SMARTS) is 1. The van der Waals surface area contributed by atoms with Crippen molar-refractivity contribution in [3.05, 3.63) is 47.8 Å². The number of alkyl halides is 3. The van der Waals surface area contributed by atoms with Gasteiger partial charge < -0.3 is 10.4 Å². The molecule has 0 aliphatic heterocycles. The van der Waals surface area contributed by atoms with Crippen molar-refractivity contribution in [2.75, 3.05) is 0 Å². The molecule has 0 saturated carbocycles. The quantitative estimate of drug-likeness (QED) is 0.819. The largest absolute Gasteiger partial charge is 0.480 e. The molecule has 26 heavy (non-hydrogen) atoms. The smallest absolute Gasteiger partial charge is 0.433 e. The number of halogens is 3. The Morgan fingerprint density at radius 2 is 1.96 bits per heavy atom. The van der Waals surface area contributed by atoms with Crippen molar-refractivity contribution in [2.45, 2.75) is 32.5 Å². The highest BCUT2D eigenvalue weighted by atomic mass is 19.4. The summed E-state index contributed by atoms with van der Waals surface area (Å²) in [6.07, 6.45) is -3.35. The van der Waals surface area contributed by atoms with E-state index in [9.17, 15) is 27.9 Å². The van der Waals surface area contributed by atoms with E-state index in [0.717, 1.165) is 12.3 Å². The first kappa shape index (κ1) is 19.5. The zero-order chi connectivity index (χ0) is 19.5. The fourth-order valence-corrected chi connectivity index (χ4v) is 2.44. The van der Waals surface area contributed by atoms with Crippen LogP contribution < -0.4 is 5.32 Å². The van der Waals surface area contributed by atoms with Crippen LogP contribution in [0.3, 0.4) is 0 Å². The van der Waals surface area contributed by atoms with Gasteiger partial charge >= 0.3 is 12.1 Å². The van der Waals surface area contributed by atoms with Crippen LogP contribution in [-0.4, -0.2) is 32.8 Å². The molecule has 0 radical (unpaired) electrons. The third kappa shape index (κ3) is 4.62. The van der Waals surface area contributed by atoms with E-state index in [-0.39, 0.29) is 23.6 Å². The second-order valence-corrected chi connectivity index (χ2v) is 6.17. The summed E-state index contributed by atoms with van der Waals surface area (Å²) in [5.41, 5.74) is -0.884. The number of carboxylic acids is 1. The SMILES string of the molecule is CC(C)CC(NC(=O)c1cccc(-n2nccc2C(F)(F)F)c1)C(=O)O. The monoisotopic (exact) mass is 369 g/mol. The number of benzene rings is 1. The lowest BCUT2D eigenvalue weighted by Crippen LogP contribution is -2.41. The lowest BCUT2D eigenvalue weighted by molar-refractivity contribution is -0.143. The zero-order valence-corrected chi connectivity index (χ0v) is 14.1. The Morgan fingerprint density at radius 3 is 2.54 bits per heavy atom. The minimum absolute atomic E-state index is 0.0427. The van der Waals surface area contributed by atoms with E-state index in [1.165, 1.54) is 24.3 Å². The third-order valence-corrected chi connectivity index (χ3v) is 3.60. The van der Waals surface area contributed by atoms with Crippen LogP contribution in [-0.2, 0) is 11.0 Å². The van der Waals surface area contributed by atoms with Crippen molar-refractivity contribution in [3.8, 4) is 5.69 Å². The highest BCUT2D eigenvalue weighted by molar-refractivity contribution is 5.97. The molecule has 0 bridgehead atoms. The van der Waals surface area contributed by atoms with Gasteiger partial charge in [-0.05, 0) is 36.6 Å². The molecule has 1 aromatic heterocycles. The Kier molecular flexibility index (Phi) is 5.69. The summed E-state index contributed by atoms with van der Waals surface area (Å²) < 4.78 is 39.7. The molecule has 0 aliphatic carbocycles. The third-order valence-electron chi connectivity index (χ3n) is 3.60. The van der Waals surface area contributed by atoms with Gasteiger partial charge in [-0.1, -0.05) is 19.9 Å². The van der Waals surface area contributed by atoms with Crippen molar-refractivity contribution in [1.82, 2.24) is 15.1 Å². The zero-order valence-electron chi connectivity index (χ0n) is 14.1. The van der Waals surface area contributed by atoms with Gasteiger partial charge in [-0.2, -0.15) is 18.3 Å². The van der Waals surface area contributed by atoms with Gasteiger partial charge in [0.15, 0.2) is 0 Å². The van der Waals surface area contributed by atoms with Gasteiger partial charge in [-0.15, -0.1) is 0 Å². The average Bonchev–Trinajstić information content (AvgIpc) is 3.03. The van der Waals surface area contributed by atoms with E-state index in [4.69, 9.17) is 0 Å². The molecule has 0 saturated heterocycles. The number of amides is 1. The van der Waals surface area contributed by atoms with Gasteiger partial charge in [0.25, 0.3) is 5.91 Å². The number of nitrogens with one attached hydrogen (secondary N) is 1. The van der Waals surface area contributed by atoms with Crippen LogP contribution in [0.25, 0.3) is 5.69 Å². The molecule has 2 aromatic rings. The van der Waals surface area contributed by atoms with Crippen LogP contribution in [0.15, 0.2) is 36.5 Å². The molecule has 0 spiro atoms. The number of rotatable bonds is 6. The second kappa shape index (κ2) is 7.59. The minimum Gasteiger partial charge on any atom is -0.480 e. The molecule has 1 unspecified atom stereocenters. The van der Waals surface area contributed by atoms with E-state index >= 15 is 0 Å². The molecule has 0 aliphatic rings. The van der Waals surface area contributed by atoms with Crippen molar-refractivity contribution in [3.63, 3.8) is 0 Å². The molecule has 1 amide bonds. The Morgan fingerprint density at radius 1 is 1.27 bits per heavy atom. The molecule has 140 valence electrons. The van der Waals surface area contributed by atoms with Gasteiger partial charge in [0.05, 0.1) is 11.9 Å². The summed E-state index contributed by atoms with van der Waals surface area (Å²) in [5.74, 6) is -1.81.